The second kappa shape index (κ2) is 8.93. The highest BCUT2D eigenvalue weighted by Crippen LogP contribution is 2.20. The van der Waals surface area contributed by atoms with Gasteiger partial charge in [-0.2, -0.15) is 5.10 Å². The van der Waals surface area contributed by atoms with Crippen LogP contribution < -0.4 is 5.76 Å². The van der Waals surface area contributed by atoms with E-state index in [0.29, 0.717) is 18.3 Å². The van der Waals surface area contributed by atoms with E-state index in [9.17, 15) is 9.90 Å². The molecular formula is C21H28N6O3. The molecule has 1 N–H and O–H groups in total. The molecule has 1 saturated heterocycles. The number of benzene rings is 1. The van der Waals surface area contributed by atoms with Crippen molar-refractivity contribution < 1.29 is 9.63 Å². The summed E-state index contributed by atoms with van der Waals surface area (Å²) < 4.78 is 8.24. The summed E-state index contributed by atoms with van der Waals surface area (Å²) in [5, 5.41) is 19.1. The molecule has 2 aromatic heterocycles. The number of aromatic nitrogens is 5. The van der Waals surface area contributed by atoms with Gasteiger partial charge < -0.3 is 10.0 Å². The second-order valence-electron chi connectivity index (χ2n) is 8.06. The van der Waals surface area contributed by atoms with Crippen LogP contribution in [0.5, 0.6) is 0 Å². The van der Waals surface area contributed by atoms with Crippen molar-refractivity contribution in [2.75, 3.05) is 19.6 Å². The van der Waals surface area contributed by atoms with Crippen LogP contribution in [0.2, 0.25) is 0 Å². The molecular weight excluding hydrogens is 384 g/mol. The zero-order valence-corrected chi connectivity index (χ0v) is 17.4. The first-order valence-corrected chi connectivity index (χ1v) is 10.4. The van der Waals surface area contributed by atoms with E-state index in [1.165, 1.54) is 4.57 Å². The smallest absolute Gasteiger partial charge is 0.390 e. The molecule has 1 aliphatic rings. The van der Waals surface area contributed by atoms with Crippen LogP contribution in [0.3, 0.4) is 0 Å². The van der Waals surface area contributed by atoms with Crippen molar-refractivity contribution in [3.63, 3.8) is 0 Å². The summed E-state index contributed by atoms with van der Waals surface area (Å²) in [4.78, 5) is 18.8. The van der Waals surface area contributed by atoms with Crippen LogP contribution in [0.15, 0.2) is 39.6 Å². The molecule has 4 rings (SSSR count). The molecule has 3 heterocycles. The Balaban J connectivity index is 1.37. The highest BCUT2D eigenvalue weighted by Gasteiger charge is 2.24. The predicted octanol–water partition coefficient (Wildman–Crippen LogP) is 1.48. The third kappa shape index (κ3) is 4.68. The summed E-state index contributed by atoms with van der Waals surface area (Å²) in [5.41, 5.74) is 0.784. The number of aliphatic hydroxyl groups excluding tert-OH is 1. The molecule has 9 heteroatoms. The lowest BCUT2D eigenvalue weighted by Gasteiger charge is -2.34. The molecule has 0 saturated carbocycles. The van der Waals surface area contributed by atoms with E-state index in [0.717, 1.165) is 49.7 Å². The summed E-state index contributed by atoms with van der Waals surface area (Å²) in [5.74, 6) is 2.08. The number of likely N-dealkylation sites (tertiary alicyclic amines) is 1. The molecule has 30 heavy (non-hydrogen) atoms. The normalized spacial score (nSPS) is 18.6. The quantitative estimate of drug-likeness (QED) is 0.627. The average molecular weight is 412 g/mol. The van der Waals surface area contributed by atoms with Crippen LogP contribution in [-0.2, 0) is 13.1 Å². The molecule has 1 aromatic carbocycles. The summed E-state index contributed by atoms with van der Waals surface area (Å²) in [7, 11) is 0. The zero-order chi connectivity index (χ0) is 21.1. The molecule has 160 valence electrons. The maximum Gasteiger partial charge on any atom is 0.441 e. The number of aliphatic hydroxyl groups is 1. The molecule has 0 spiro atoms. The van der Waals surface area contributed by atoms with Gasteiger partial charge in [-0.05, 0) is 39.2 Å². The summed E-state index contributed by atoms with van der Waals surface area (Å²) in [6.45, 7) is 7.19. The van der Waals surface area contributed by atoms with Gasteiger partial charge in [-0.3, -0.25) is 9.09 Å². The number of β-amino-alcohol motifs (C(OH)–C–C–N with tert-alkyl or cyclic N) is 1. The fourth-order valence-corrected chi connectivity index (χ4v) is 4.24. The van der Waals surface area contributed by atoms with Crippen molar-refractivity contribution in [2.45, 2.75) is 45.9 Å². The van der Waals surface area contributed by atoms with Gasteiger partial charge in [0.15, 0.2) is 5.82 Å². The first kappa shape index (κ1) is 20.5. The Morgan fingerprint density at radius 1 is 1.23 bits per heavy atom. The van der Waals surface area contributed by atoms with Crippen LogP contribution in [0, 0.1) is 19.8 Å². The third-order valence-electron chi connectivity index (χ3n) is 5.58. The van der Waals surface area contributed by atoms with Gasteiger partial charge in [0.2, 0.25) is 0 Å². The molecule has 0 bridgehead atoms. The van der Waals surface area contributed by atoms with Crippen LogP contribution in [-0.4, -0.2) is 60.2 Å². The van der Waals surface area contributed by atoms with Gasteiger partial charge >= 0.3 is 5.76 Å². The SMILES string of the molecule is Cc1nc(C)n(CC2CCCN(CC(O)Cn3c(-c4ccccc4)noc3=O)C2)n1. The predicted molar refractivity (Wildman–Crippen MR) is 111 cm³/mol. The highest BCUT2D eigenvalue weighted by molar-refractivity contribution is 5.54. The topological polar surface area (TPSA) is 102 Å². The molecule has 1 fully saturated rings. The maximum atomic E-state index is 12.1. The Kier molecular flexibility index (Phi) is 6.10. The van der Waals surface area contributed by atoms with Crippen LogP contribution >= 0.6 is 0 Å². The number of nitrogens with zero attached hydrogens (tertiary/aromatic N) is 6. The van der Waals surface area contributed by atoms with Gasteiger partial charge in [-0.15, -0.1) is 0 Å². The first-order valence-electron chi connectivity index (χ1n) is 10.4. The Morgan fingerprint density at radius 3 is 2.77 bits per heavy atom. The molecule has 0 radical (unpaired) electrons. The van der Waals surface area contributed by atoms with E-state index in [1.807, 2.05) is 48.9 Å². The zero-order valence-electron chi connectivity index (χ0n) is 17.4. The molecule has 0 amide bonds. The van der Waals surface area contributed by atoms with Crippen molar-refractivity contribution in [3.8, 4) is 11.4 Å². The van der Waals surface area contributed by atoms with Gasteiger partial charge in [0.25, 0.3) is 0 Å². The Labute approximate surface area is 174 Å². The maximum absolute atomic E-state index is 12.1. The molecule has 2 atom stereocenters. The third-order valence-corrected chi connectivity index (χ3v) is 5.58. The fraction of sp³-hybridized carbons (Fsp3) is 0.524. The van der Waals surface area contributed by atoms with Gasteiger partial charge in [-0.25, -0.2) is 14.5 Å². The van der Waals surface area contributed by atoms with E-state index in [2.05, 4.69) is 20.1 Å². The number of piperidine rings is 1. The van der Waals surface area contributed by atoms with Crippen molar-refractivity contribution in [1.82, 2.24) is 29.4 Å². The first-order chi connectivity index (χ1) is 14.5. The fourth-order valence-electron chi connectivity index (χ4n) is 4.24. The lowest BCUT2D eigenvalue weighted by molar-refractivity contribution is 0.0692. The van der Waals surface area contributed by atoms with E-state index < -0.39 is 11.9 Å². The minimum atomic E-state index is -0.696. The van der Waals surface area contributed by atoms with E-state index in [-0.39, 0.29) is 6.54 Å². The summed E-state index contributed by atoms with van der Waals surface area (Å²) in [6, 6.07) is 9.38. The standard InChI is InChI=1S/C21H28N6O3/c1-15-22-16(2)27(23-15)12-17-7-6-10-25(11-17)13-19(28)14-26-20(24-30-21(26)29)18-8-4-3-5-9-18/h3-5,8-9,17,19,28H,6-7,10-14H2,1-2H3. The van der Waals surface area contributed by atoms with Gasteiger partial charge in [0.1, 0.15) is 11.6 Å². The van der Waals surface area contributed by atoms with E-state index >= 15 is 0 Å². The molecule has 2 unspecified atom stereocenters. The number of hydrogen-bond acceptors (Lipinski definition) is 7. The second-order valence-corrected chi connectivity index (χ2v) is 8.06. The number of hydrogen-bond donors (Lipinski definition) is 1. The van der Waals surface area contributed by atoms with Crippen LogP contribution in [0.4, 0.5) is 0 Å². The minimum absolute atomic E-state index is 0.148. The summed E-state index contributed by atoms with van der Waals surface area (Å²) in [6.07, 6.45) is 1.51. The Morgan fingerprint density at radius 2 is 2.03 bits per heavy atom. The Hall–Kier alpha value is -2.78. The lowest BCUT2D eigenvalue weighted by atomic mass is 9.97. The van der Waals surface area contributed by atoms with Gasteiger partial charge in [0, 0.05) is 25.2 Å². The Bertz CT molecular complexity index is 1030. The molecule has 1 aliphatic heterocycles. The molecule has 0 aliphatic carbocycles. The van der Waals surface area contributed by atoms with Crippen molar-refractivity contribution in [3.05, 3.63) is 52.5 Å². The van der Waals surface area contributed by atoms with E-state index in [1.54, 1.807) is 0 Å². The van der Waals surface area contributed by atoms with E-state index in [4.69, 9.17) is 4.52 Å². The van der Waals surface area contributed by atoms with Crippen molar-refractivity contribution in [2.24, 2.45) is 5.92 Å². The van der Waals surface area contributed by atoms with Crippen molar-refractivity contribution in [1.29, 1.82) is 0 Å². The largest absolute Gasteiger partial charge is 0.441 e. The minimum Gasteiger partial charge on any atom is -0.390 e. The van der Waals surface area contributed by atoms with Crippen LogP contribution in [0.25, 0.3) is 11.4 Å². The van der Waals surface area contributed by atoms with Gasteiger partial charge in [-0.1, -0.05) is 35.5 Å². The highest BCUT2D eigenvalue weighted by atomic mass is 16.5. The lowest BCUT2D eigenvalue weighted by Crippen LogP contribution is -2.43. The van der Waals surface area contributed by atoms with Gasteiger partial charge in [0.05, 0.1) is 12.6 Å². The monoisotopic (exact) mass is 412 g/mol. The average Bonchev–Trinajstić information content (AvgIpc) is 3.24. The molecule has 3 aromatic rings. The van der Waals surface area contributed by atoms with Crippen LogP contribution in [0.1, 0.15) is 24.5 Å². The number of aryl methyl sites for hydroxylation is 2. The van der Waals surface area contributed by atoms with Crippen molar-refractivity contribution >= 4 is 0 Å². The number of rotatable bonds is 7. The summed E-state index contributed by atoms with van der Waals surface area (Å²) >= 11 is 0. The molecule has 9 nitrogen and oxygen atoms in total.